The fourth-order valence-electron chi connectivity index (χ4n) is 2.53. The highest BCUT2D eigenvalue weighted by molar-refractivity contribution is 5.81. The molecule has 0 spiro atoms. The molecule has 15 heavy (non-hydrogen) atoms. The van der Waals surface area contributed by atoms with Gasteiger partial charge in [-0.15, -0.1) is 0 Å². The van der Waals surface area contributed by atoms with Crippen molar-refractivity contribution >= 4 is 5.91 Å². The molecule has 2 N–H and O–H groups in total. The molecule has 0 aromatic rings. The molecule has 3 aliphatic rings. The van der Waals surface area contributed by atoms with E-state index in [1.165, 1.54) is 0 Å². The minimum Gasteiger partial charge on any atom is -0.376 e. The summed E-state index contributed by atoms with van der Waals surface area (Å²) < 4.78 is 10.5. The Morgan fingerprint density at radius 2 is 2.07 bits per heavy atom. The van der Waals surface area contributed by atoms with Crippen molar-refractivity contribution in [1.82, 2.24) is 10.6 Å². The molecule has 84 valence electrons. The molecule has 1 saturated carbocycles. The molecule has 3 rings (SSSR count). The Kier molecular flexibility index (Phi) is 2.38. The Bertz CT molecular complexity index is 255. The lowest BCUT2D eigenvalue weighted by Crippen LogP contribution is -2.45. The van der Waals surface area contributed by atoms with Crippen LogP contribution in [0.4, 0.5) is 0 Å². The molecular formula is C10H16N2O3. The van der Waals surface area contributed by atoms with Crippen molar-refractivity contribution in [3.8, 4) is 0 Å². The van der Waals surface area contributed by atoms with Crippen molar-refractivity contribution in [2.75, 3.05) is 32.9 Å². The molecule has 0 bridgehead atoms. The van der Waals surface area contributed by atoms with E-state index in [1.54, 1.807) is 0 Å². The lowest BCUT2D eigenvalue weighted by atomic mass is 10.3. The van der Waals surface area contributed by atoms with Crippen LogP contribution in [0.25, 0.3) is 0 Å². The van der Waals surface area contributed by atoms with Crippen molar-refractivity contribution < 1.29 is 14.3 Å². The van der Waals surface area contributed by atoms with Gasteiger partial charge < -0.3 is 20.1 Å². The smallest absolute Gasteiger partial charge is 0.251 e. The molecule has 0 radical (unpaired) electrons. The first-order valence-electron chi connectivity index (χ1n) is 5.57. The topological polar surface area (TPSA) is 59.6 Å². The third-order valence-corrected chi connectivity index (χ3v) is 3.51. The zero-order chi connectivity index (χ0) is 10.3. The summed E-state index contributed by atoms with van der Waals surface area (Å²) in [4.78, 5) is 11.7. The van der Waals surface area contributed by atoms with Crippen LogP contribution in [0.3, 0.4) is 0 Å². The molecule has 5 heteroatoms. The van der Waals surface area contributed by atoms with Gasteiger partial charge in [0.15, 0.2) is 6.10 Å². The highest BCUT2D eigenvalue weighted by atomic mass is 16.6. The van der Waals surface area contributed by atoms with E-state index in [1.807, 2.05) is 0 Å². The van der Waals surface area contributed by atoms with Crippen LogP contribution in [0.15, 0.2) is 0 Å². The van der Waals surface area contributed by atoms with Gasteiger partial charge in [0.05, 0.1) is 19.8 Å². The van der Waals surface area contributed by atoms with Gasteiger partial charge in [-0.2, -0.15) is 0 Å². The van der Waals surface area contributed by atoms with Crippen molar-refractivity contribution in [3.63, 3.8) is 0 Å². The van der Waals surface area contributed by atoms with Crippen LogP contribution in [0, 0.1) is 11.8 Å². The van der Waals surface area contributed by atoms with Gasteiger partial charge >= 0.3 is 0 Å². The summed E-state index contributed by atoms with van der Waals surface area (Å²) in [6.45, 7) is 3.60. The Morgan fingerprint density at radius 3 is 2.73 bits per heavy atom. The number of carbonyl (C=O) groups excluding carboxylic acids is 1. The normalized spacial score (nSPS) is 43.5. The third-order valence-electron chi connectivity index (χ3n) is 3.51. The quantitative estimate of drug-likeness (QED) is 0.599. The van der Waals surface area contributed by atoms with Gasteiger partial charge in [0.1, 0.15) is 0 Å². The summed E-state index contributed by atoms with van der Waals surface area (Å²) in [5.74, 6) is 1.30. The number of carbonyl (C=O) groups is 1. The van der Waals surface area contributed by atoms with Gasteiger partial charge in [0.2, 0.25) is 0 Å². The maximum Gasteiger partial charge on any atom is 0.251 e. The summed E-state index contributed by atoms with van der Waals surface area (Å²) in [6.07, 6.45) is -0.395. The van der Waals surface area contributed by atoms with E-state index in [0.717, 1.165) is 13.1 Å². The van der Waals surface area contributed by atoms with E-state index in [-0.39, 0.29) is 5.91 Å². The predicted octanol–water partition coefficient (Wildman–Crippen LogP) is -1.26. The van der Waals surface area contributed by atoms with Crippen molar-refractivity contribution in [2.45, 2.75) is 12.1 Å². The molecule has 3 unspecified atom stereocenters. The van der Waals surface area contributed by atoms with Gasteiger partial charge in [0, 0.05) is 19.1 Å². The first-order valence-corrected chi connectivity index (χ1v) is 5.57. The van der Waals surface area contributed by atoms with Gasteiger partial charge in [0.25, 0.3) is 5.91 Å². The van der Waals surface area contributed by atoms with Gasteiger partial charge in [-0.1, -0.05) is 0 Å². The summed E-state index contributed by atoms with van der Waals surface area (Å²) in [7, 11) is 0. The fraction of sp³-hybridized carbons (Fsp3) is 0.900. The SMILES string of the molecule is O=C(NC1C2CNCC21)C1COCCO1. The molecule has 3 fully saturated rings. The van der Waals surface area contributed by atoms with Crippen LogP contribution in [-0.4, -0.2) is 51.0 Å². The number of hydrogen-bond donors (Lipinski definition) is 2. The van der Waals surface area contributed by atoms with Crippen LogP contribution in [0.5, 0.6) is 0 Å². The van der Waals surface area contributed by atoms with E-state index in [4.69, 9.17) is 9.47 Å². The summed E-state index contributed by atoms with van der Waals surface area (Å²) in [5, 5.41) is 6.34. The van der Waals surface area contributed by atoms with Crippen molar-refractivity contribution in [2.24, 2.45) is 11.8 Å². The van der Waals surface area contributed by atoms with E-state index in [0.29, 0.717) is 37.7 Å². The molecule has 0 aromatic heterocycles. The Labute approximate surface area is 88.5 Å². The maximum absolute atomic E-state index is 11.7. The number of rotatable bonds is 2. The Balaban J connectivity index is 1.49. The average molecular weight is 212 g/mol. The molecule has 1 aliphatic carbocycles. The summed E-state index contributed by atoms with van der Waals surface area (Å²) in [6, 6.07) is 0.379. The molecule has 3 atom stereocenters. The fourth-order valence-corrected chi connectivity index (χ4v) is 2.53. The van der Waals surface area contributed by atoms with E-state index >= 15 is 0 Å². The average Bonchev–Trinajstić information content (AvgIpc) is 2.75. The monoisotopic (exact) mass is 212 g/mol. The highest BCUT2D eigenvalue weighted by Gasteiger charge is 2.54. The zero-order valence-corrected chi connectivity index (χ0v) is 8.57. The Morgan fingerprint density at radius 1 is 1.27 bits per heavy atom. The second-order valence-electron chi connectivity index (χ2n) is 4.45. The molecule has 2 saturated heterocycles. The molecule has 0 aromatic carbocycles. The standard InChI is InChI=1S/C10H16N2O3/c13-10(8-5-14-1-2-15-8)12-9-6-3-11-4-7(6)9/h6-9,11H,1-5H2,(H,12,13). The van der Waals surface area contributed by atoms with Gasteiger partial charge in [-0.3, -0.25) is 4.79 Å². The van der Waals surface area contributed by atoms with Crippen LogP contribution < -0.4 is 10.6 Å². The van der Waals surface area contributed by atoms with Crippen molar-refractivity contribution in [3.05, 3.63) is 0 Å². The van der Waals surface area contributed by atoms with Gasteiger partial charge in [-0.05, 0) is 11.8 Å². The van der Waals surface area contributed by atoms with Crippen LogP contribution >= 0.6 is 0 Å². The summed E-state index contributed by atoms with van der Waals surface area (Å²) in [5.41, 5.74) is 0. The van der Waals surface area contributed by atoms with Crippen LogP contribution in [0.1, 0.15) is 0 Å². The number of ether oxygens (including phenoxy) is 2. The van der Waals surface area contributed by atoms with E-state index in [9.17, 15) is 4.79 Å². The summed E-state index contributed by atoms with van der Waals surface area (Å²) >= 11 is 0. The molecule has 2 heterocycles. The number of nitrogens with one attached hydrogen (secondary N) is 2. The highest BCUT2D eigenvalue weighted by Crippen LogP contribution is 2.41. The third kappa shape index (κ3) is 1.75. The predicted molar refractivity (Wildman–Crippen MR) is 52.3 cm³/mol. The first kappa shape index (κ1) is 9.57. The number of fused-ring (bicyclic) bond motifs is 1. The van der Waals surface area contributed by atoms with Crippen LogP contribution in [0.2, 0.25) is 0 Å². The largest absolute Gasteiger partial charge is 0.376 e. The lowest BCUT2D eigenvalue weighted by molar-refractivity contribution is -0.147. The van der Waals surface area contributed by atoms with Crippen LogP contribution in [-0.2, 0) is 14.3 Å². The molecular weight excluding hydrogens is 196 g/mol. The maximum atomic E-state index is 11.7. The molecule has 2 aliphatic heterocycles. The zero-order valence-electron chi connectivity index (χ0n) is 8.57. The second kappa shape index (κ2) is 3.73. The second-order valence-corrected chi connectivity index (χ2v) is 4.45. The first-order chi connectivity index (χ1) is 7.36. The van der Waals surface area contributed by atoms with E-state index < -0.39 is 6.10 Å². The molecule has 1 amide bonds. The van der Waals surface area contributed by atoms with Crippen molar-refractivity contribution in [1.29, 1.82) is 0 Å². The number of hydrogen-bond acceptors (Lipinski definition) is 4. The lowest BCUT2D eigenvalue weighted by Gasteiger charge is -2.22. The number of piperidine rings is 1. The molecule has 5 nitrogen and oxygen atoms in total. The minimum absolute atomic E-state index is 0.00546. The Hall–Kier alpha value is -0.650. The number of amides is 1. The minimum atomic E-state index is -0.395. The van der Waals surface area contributed by atoms with E-state index in [2.05, 4.69) is 10.6 Å². The van der Waals surface area contributed by atoms with Gasteiger partial charge in [-0.25, -0.2) is 0 Å².